The maximum Gasteiger partial charge on any atom is 0.228 e. The lowest BCUT2D eigenvalue weighted by molar-refractivity contribution is -0.135. The number of nitrogens with zero attached hydrogens (tertiary/aromatic N) is 1. The molecule has 1 aromatic rings. The van der Waals surface area contributed by atoms with E-state index < -0.39 is 0 Å². The molecule has 0 spiro atoms. The van der Waals surface area contributed by atoms with Crippen molar-refractivity contribution in [2.24, 2.45) is 5.73 Å². The van der Waals surface area contributed by atoms with Gasteiger partial charge in [0.15, 0.2) is 0 Å². The number of aryl methyl sites for hydroxylation is 1. The van der Waals surface area contributed by atoms with E-state index in [1.54, 1.807) is 0 Å². The van der Waals surface area contributed by atoms with Crippen LogP contribution in [0.5, 0.6) is 0 Å². The molecule has 0 aliphatic carbocycles. The minimum Gasteiger partial charge on any atom is -0.338 e. The number of fused-ring (bicyclic) bond motifs is 1. The van der Waals surface area contributed by atoms with Crippen molar-refractivity contribution in [2.45, 2.75) is 64.0 Å². The summed E-state index contributed by atoms with van der Waals surface area (Å²) in [4.78, 5) is 26.0. The molecule has 2 heterocycles. The van der Waals surface area contributed by atoms with Gasteiger partial charge in [-0.3, -0.25) is 9.59 Å². The van der Waals surface area contributed by atoms with E-state index >= 15 is 0 Å². The molecule has 1 saturated heterocycles. The molecule has 0 bridgehead atoms. The van der Waals surface area contributed by atoms with Gasteiger partial charge in [-0.15, -0.1) is 12.4 Å². The van der Waals surface area contributed by atoms with Gasteiger partial charge in [0, 0.05) is 30.7 Å². The van der Waals surface area contributed by atoms with Crippen LogP contribution in [0.25, 0.3) is 0 Å². The number of carbonyl (C=O) groups excluding carboxylic acids is 2. The Morgan fingerprint density at radius 1 is 1.40 bits per heavy atom. The lowest BCUT2D eigenvalue weighted by Gasteiger charge is -2.38. The van der Waals surface area contributed by atoms with Crippen LogP contribution in [0.1, 0.15) is 50.2 Å². The van der Waals surface area contributed by atoms with Crippen LogP contribution in [0.4, 0.5) is 5.69 Å². The smallest absolute Gasteiger partial charge is 0.228 e. The van der Waals surface area contributed by atoms with Crippen LogP contribution in [0, 0.1) is 0 Å². The molecule has 3 rings (SSSR count). The lowest BCUT2D eigenvalue weighted by atomic mass is 9.96. The van der Waals surface area contributed by atoms with Crippen molar-refractivity contribution in [1.82, 2.24) is 4.90 Å². The molecule has 5 nitrogen and oxygen atoms in total. The molecule has 2 aliphatic rings. The second-order valence-corrected chi connectivity index (χ2v) is 7.08. The fraction of sp³-hybridized carbons (Fsp3) is 0.579. The third-order valence-electron chi connectivity index (χ3n) is 5.13. The van der Waals surface area contributed by atoms with Crippen molar-refractivity contribution in [3.63, 3.8) is 0 Å². The van der Waals surface area contributed by atoms with Gasteiger partial charge < -0.3 is 16.0 Å². The van der Waals surface area contributed by atoms with Crippen LogP contribution in [0.2, 0.25) is 0 Å². The highest BCUT2D eigenvalue weighted by Crippen LogP contribution is 2.25. The molecular formula is C19H28ClN3O2. The Morgan fingerprint density at radius 3 is 2.96 bits per heavy atom. The van der Waals surface area contributed by atoms with Gasteiger partial charge in [-0.1, -0.05) is 12.1 Å². The Hall–Kier alpha value is -1.59. The molecule has 1 fully saturated rings. The Labute approximate surface area is 155 Å². The second kappa shape index (κ2) is 8.68. The number of rotatable bonds is 5. The Kier molecular flexibility index (Phi) is 6.85. The second-order valence-electron chi connectivity index (χ2n) is 7.08. The zero-order valence-electron chi connectivity index (χ0n) is 14.8. The van der Waals surface area contributed by atoms with Crippen LogP contribution in [-0.4, -0.2) is 35.3 Å². The number of benzene rings is 1. The Balaban J connectivity index is 0.00000225. The summed E-state index contributed by atoms with van der Waals surface area (Å²) < 4.78 is 0. The maximum absolute atomic E-state index is 12.5. The van der Waals surface area contributed by atoms with E-state index in [0.717, 1.165) is 49.9 Å². The molecule has 2 amide bonds. The highest BCUT2D eigenvalue weighted by molar-refractivity contribution is 5.99. The summed E-state index contributed by atoms with van der Waals surface area (Å²) in [6.07, 6.45) is 6.00. The van der Waals surface area contributed by atoms with Crippen molar-refractivity contribution < 1.29 is 9.59 Å². The average molecular weight is 366 g/mol. The highest BCUT2D eigenvalue weighted by atomic mass is 35.5. The summed E-state index contributed by atoms with van der Waals surface area (Å²) in [5, 5.41) is 2.85. The first-order chi connectivity index (χ1) is 11.5. The molecule has 0 saturated carbocycles. The first-order valence-electron chi connectivity index (χ1n) is 9.01. The zero-order valence-corrected chi connectivity index (χ0v) is 15.6. The standard InChI is InChI=1S/C19H27N3O2.ClH/c1-13(20)17-6-2-3-10-22(17)19(24)7-4-5-14-8-9-16-15(11-14)12-18(23)21-16;/h8-9,11,13,17H,2-7,10,12,20H2,1H3,(H,21,23);1H. The van der Waals surface area contributed by atoms with Gasteiger partial charge in [0.25, 0.3) is 0 Å². The maximum atomic E-state index is 12.5. The van der Waals surface area contributed by atoms with E-state index in [1.807, 2.05) is 24.0 Å². The number of piperidine rings is 1. The van der Waals surface area contributed by atoms with Crippen LogP contribution in [0.3, 0.4) is 0 Å². The summed E-state index contributed by atoms with van der Waals surface area (Å²) in [5.41, 5.74) is 9.24. The number of nitrogens with one attached hydrogen (secondary N) is 1. The van der Waals surface area contributed by atoms with Gasteiger partial charge in [0.05, 0.1) is 6.42 Å². The average Bonchev–Trinajstić information content (AvgIpc) is 2.94. The van der Waals surface area contributed by atoms with Crippen molar-refractivity contribution >= 4 is 29.9 Å². The number of likely N-dealkylation sites (tertiary alicyclic amines) is 1. The molecule has 3 N–H and O–H groups in total. The van der Waals surface area contributed by atoms with Crippen LogP contribution in [-0.2, 0) is 22.4 Å². The monoisotopic (exact) mass is 365 g/mol. The van der Waals surface area contributed by atoms with E-state index in [-0.39, 0.29) is 36.3 Å². The first kappa shape index (κ1) is 19.7. The molecule has 138 valence electrons. The largest absolute Gasteiger partial charge is 0.338 e. The predicted molar refractivity (Wildman–Crippen MR) is 102 cm³/mol. The first-order valence-corrected chi connectivity index (χ1v) is 9.01. The molecule has 0 radical (unpaired) electrons. The molecule has 0 aromatic heterocycles. The minimum absolute atomic E-state index is 0. The van der Waals surface area contributed by atoms with E-state index in [4.69, 9.17) is 5.73 Å². The Bertz CT molecular complexity index is 633. The zero-order chi connectivity index (χ0) is 17.1. The van der Waals surface area contributed by atoms with Crippen molar-refractivity contribution in [1.29, 1.82) is 0 Å². The number of anilines is 1. The minimum atomic E-state index is 0. The van der Waals surface area contributed by atoms with Gasteiger partial charge >= 0.3 is 0 Å². The van der Waals surface area contributed by atoms with Crippen molar-refractivity contribution in [3.05, 3.63) is 29.3 Å². The van der Waals surface area contributed by atoms with E-state index in [2.05, 4.69) is 11.4 Å². The summed E-state index contributed by atoms with van der Waals surface area (Å²) in [6.45, 7) is 2.84. The number of halogens is 1. The summed E-state index contributed by atoms with van der Waals surface area (Å²) in [6, 6.07) is 6.33. The molecule has 2 atom stereocenters. The lowest BCUT2D eigenvalue weighted by Crippen LogP contribution is -2.51. The quantitative estimate of drug-likeness (QED) is 0.842. The van der Waals surface area contributed by atoms with E-state index in [9.17, 15) is 9.59 Å². The normalized spacial score (nSPS) is 20.5. The molecular weight excluding hydrogens is 338 g/mol. The van der Waals surface area contributed by atoms with Crippen LogP contribution < -0.4 is 11.1 Å². The number of amides is 2. The molecule has 1 aromatic carbocycles. The van der Waals surface area contributed by atoms with Gasteiger partial charge in [-0.05, 0) is 56.2 Å². The summed E-state index contributed by atoms with van der Waals surface area (Å²) in [7, 11) is 0. The SMILES string of the molecule is CC(N)C1CCCCN1C(=O)CCCc1ccc2c(c1)CC(=O)N2.Cl. The summed E-state index contributed by atoms with van der Waals surface area (Å²) >= 11 is 0. The molecule has 2 unspecified atom stereocenters. The molecule has 2 aliphatic heterocycles. The van der Waals surface area contributed by atoms with Crippen molar-refractivity contribution in [2.75, 3.05) is 11.9 Å². The highest BCUT2D eigenvalue weighted by Gasteiger charge is 2.28. The fourth-order valence-electron chi connectivity index (χ4n) is 3.84. The van der Waals surface area contributed by atoms with E-state index in [1.165, 1.54) is 5.56 Å². The third-order valence-corrected chi connectivity index (χ3v) is 5.13. The topological polar surface area (TPSA) is 75.4 Å². The predicted octanol–water partition coefficient (Wildman–Crippen LogP) is 2.65. The van der Waals surface area contributed by atoms with Gasteiger partial charge in [0.2, 0.25) is 11.8 Å². The molecule has 25 heavy (non-hydrogen) atoms. The Morgan fingerprint density at radius 2 is 2.20 bits per heavy atom. The number of carbonyl (C=O) groups is 2. The van der Waals surface area contributed by atoms with E-state index in [0.29, 0.717) is 12.8 Å². The third kappa shape index (κ3) is 4.73. The van der Waals surface area contributed by atoms with Gasteiger partial charge in [-0.25, -0.2) is 0 Å². The summed E-state index contributed by atoms with van der Waals surface area (Å²) in [5.74, 6) is 0.291. The number of hydrogen-bond acceptors (Lipinski definition) is 3. The van der Waals surface area contributed by atoms with Gasteiger partial charge in [-0.2, -0.15) is 0 Å². The van der Waals surface area contributed by atoms with Gasteiger partial charge in [0.1, 0.15) is 0 Å². The molecule has 6 heteroatoms. The fourth-order valence-corrected chi connectivity index (χ4v) is 3.84. The van der Waals surface area contributed by atoms with Crippen molar-refractivity contribution in [3.8, 4) is 0 Å². The number of hydrogen-bond donors (Lipinski definition) is 2. The van der Waals surface area contributed by atoms with Crippen LogP contribution >= 0.6 is 12.4 Å². The number of nitrogens with two attached hydrogens (primary N) is 1. The van der Waals surface area contributed by atoms with Crippen LogP contribution in [0.15, 0.2) is 18.2 Å².